The minimum absolute atomic E-state index is 0.176. The Morgan fingerprint density at radius 1 is 1.26 bits per heavy atom. The number of aromatic nitrogens is 2. The first-order valence-corrected chi connectivity index (χ1v) is 6.72. The van der Waals surface area contributed by atoms with Gasteiger partial charge in [-0.2, -0.15) is 5.10 Å². The molecule has 0 atom stereocenters. The van der Waals surface area contributed by atoms with Crippen LogP contribution in [0.5, 0.6) is 0 Å². The Bertz CT molecular complexity index is 515. The molecule has 0 amide bonds. The molecule has 4 nitrogen and oxygen atoms in total. The van der Waals surface area contributed by atoms with Gasteiger partial charge in [-0.3, -0.25) is 0 Å². The second-order valence-corrected chi connectivity index (χ2v) is 5.38. The van der Waals surface area contributed by atoms with Crippen LogP contribution in [0.2, 0.25) is 0 Å². The van der Waals surface area contributed by atoms with Crippen molar-refractivity contribution in [1.82, 2.24) is 15.1 Å². The summed E-state index contributed by atoms with van der Waals surface area (Å²) in [4.78, 5) is 0. The highest BCUT2D eigenvalue weighted by Gasteiger charge is 2.41. The summed E-state index contributed by atoms with van der Waals surface area (Å²) in [6.07, 6.45) is 6.01. The summed E-state index contributed by atoms with van der Waals surface area (Å²) < 4.78 is 1.85. The summed E-state index contributed by atoms with van der Waals surface area (Å²) in [5.41, 5.74) is 2.50. The number of nitrogens with zero attached hydrogens (tertiary/aromatic N) is 2. The van der Waals surface area contributed by atoms with Gasteiger partial charge in [-0.05, 0) is 36.6 Å². The van der Waals surface area contributed by atoms with E-state index in [2.05, 4.69) is 34.7 Å². The first kappa shape index (κ1) is 12.4. The molecule has 0 radical (unpaired) electrons. The van der Waals surface area contributed by atoms with E-state index in [1.54, 1.807) is 6.20 Å². The highest BCUT2D eigenvalue weighted by molar-refractivity contribution is 5.33. The van der Waals surface area contributed by atoms with Gasteiger partial charge in [-0.15, -0.1) is 0 Å². The van der Waals surface area contributed by atoms with Gasteiger partial charge in [0.15, 0.2) is 0 Å². The first-order chi connectivity index (χ1) is 9.31. The Morgan fingerprint density at radius 3 is 2.63 bits per heavy atom. The average Bonchev–Trinajstić information content (AvgIpc) is 3.02. The monoisotopic (exact) mass is 257 g/mol. The number of benzene rings is 1. The highest BCUT2D eigenvalue weighted by atomic mass is 16.3. The van der Waals surface area contributed by atoms with E-state index in [4.69, 9.17) is 0 Å². The van der Waals surface area contributed by atoms with Crippen LogP contribution in [-0.4, -0.2) is 28.0 Å². The van der Waals surface area contributed by atoms with Crippen LogP contribution in [0.1, 0.15) is 18.4 Å². The van der Waals surface area contributed by atoms with Crippen molar-refractivity contribution in [3.63, 3.8) is 0 Å². The predicted molar refractivity (Wildman–Crippen MR) is 74.0 cm³/mol. The molecular weight excluding hydrogens is 238 g/mol. The summed E-state index contributed by atoms with van der Waals surface area (Å²) in [7, 11) is 0. The van der Waals surface area contributed by atoms with E-state index >= 15 is 0 Å². The molecule has 1 heterocycles. The van der Waals surface area contributed by atoms with Gasteiger partial charge in [0.1, 0.15) is 0 Å². The molecule has 0 bridgehead atoms. The molecule has 1 aromatic carbocycles. The lowest BCUT2D eigenvalue weighted by molar-refractivity contribution is 0.207. The van der Waals surface area contributed by atoms with Crippen molar-refractivity contribution in [3.05, 3.63) is 48.3 Å². The number of hydrogen-bond acceptors (Lipinski definition) is 3. The van der Waals surface area contributed by atoms with E-state index in [9.17, 15) is 5.11 Å². The third kappa shape index (κ3) is 2.85. The van der Waals surface area contributed by atoms with Crippen LogP contribution in [0.4, 0.5) is 0 Å². The van der Waals surface area contributed by atoms with E-state index in [1.165, 1.54) is 5.56 Å². The van der Waals surface area contributed by atoms with Crippen molar-refractivity contribution < 1.29 is 5.11 Å². The molecule has 1 aliphatic carbocycles. The Balaban J connectivity index is 1.54. The zero-order chi connectivity index (χ0) is 13.1. The summed E-state index contributed by atoms with van der Waals surface area (Å²) in [6, 6.07) is 10.3. The quantitative estimate of drug-likeness (QED) is 0.828. The molecule has 2 aromatic rings. The van der Waals surface area contributed by atoms with Gasteiger partial charge < -0.3 is 10.4 Å². The summed E-state index contributed by atoms with van der Waals surface area (Å²) in [5.74, 6) is 0. The van der Waals surface area contributed by atoms with Crippen molar-refractivity contribution >= 4 is 0 Å². The standard InChI is InChI=1S/C15H19N3O/c19-12-15(6-7-15)11-16-10-13-2-4-14(5-3-13)18-9-1-8-17-18/h1-5,8-9,16,19H,6-7,10-12H2. The fourth-order valence-corrected chi connectivity index (χ4v) is 2.23. The van der Waals surface area contributed by atoms with Gasteiger partial charge in [0.25, 0.3) is 0 Å². The van der Waals surface area contributed by atoms with Crippen molar-refractivity contribution in [2.75, 3.05) is 13.2 Å². The van der Waals surface area contributed by atoms with Crippen molar-refractivity contribution in [1.29, 1.82) is 0 Å². The zero-order valence-corrected chi connectivity index (χ0v) is 10.9. The minimum Gasteiger partial charge on any atom is -0.396 e. The summed E-state index contributed by atoms with van der Waals surface area (Å²) in [6.45, 7) is 2.06. The molecule has 1 saturated carbocycles. The van der Waals surface area contributed by atoms with E-state index < -0.39 is 0 Å². The maximum Gasteiger partial charge on any atom is 0.0645 e. The molecule has 100 valence electrons. The summed E-state index contributed by atoms with van der Waals surface area (Å²) in [5, 5.41) is 16.9. The topological polar surface area (TPSA) is 50.1 Å². The average molecular weight is 257 g/mol. The summed E-state index contributed by atoms with van der Waals surface area (Å²) >= 11 is 0. The molecule has 19 heavy (non-hydrogen) atoms. The molecule has 1 fully saturated rings. The fraction of sp³-hybridized carbons (Fsp3) is 0.400. The lowest BCUT2D eigenvalue weighted by Crippen LogP contribution is -2.26. The van der Waals surface area contributed by atoms with Gasteiger partial charge in [0, 0.05) is 37.5 Å². The lowest BCUT2D eigenvalue weighted by Gasteiger charge is -2.12. The molecule has 0 unspecified atom stereocenters. The molecule has 0 saturated heterocycles. The number of aliphatic hydroxyl groups is 1. The lowest BCUT2D eigenvalue weighted by atomic mass is 10.1. The van der Waals surface area contributed by atoms with Crippen molar-refractivity contribution in [3.8, 4) is 5.69 Å². The third-order valence-corrected chi connectivity index (χ3v) is 3.83. The van der Waals surface area contributed by atoms with Crippen LogP contribution in [0.25, 0.3) is 5.69 Å². The molecule has 1 aliphatic rings. The van der Waals surface area contributed by atoms with Crippen LogP contribution in [-0.2, 0) is 6.54 Å². The highest BCUT2D eigenvalue weighted by Crippen LogP contribution is 2.44. The molecule has 1 aromatic heterocycles. The molecule has 2 N–H and O–H groups in total. The van der Waals surface area contributed by atoms with Crippen LogP contribution in [0.3, 0.4) is 0 Å². The second kappa shape index (κ2) is 5.15. The zero-order valence-electron chi connectivity index (χ0n) is 10.9. The maximum atomic E-state index is 9.25. The van der Waals surface area contributed by atoms with E-state index in [-0.39, 0.29) is 5.41 Å². The van der Waals surface area contributed by atoms with Gasteiger partial charge in [-0.1, -0.05) is 12.1 Å². The van der Waals surface area contributed by atoms with Crippen LogP contribution in [0.15, 0.2) is 42.7 Å². The smallest absolute Gasteiger partial charge is 0.0645 e. The van der Waals surface area contributed by atoms with Gasteiger partial charge in [-0.25, -0.2) is 4.68 Å². The van der Waals surface area contributed by atoms with Crippen LogP contribution in [0, 0.1) is 5.41 Å². The molecule has 0 aliphatic heterocycles. The maximum absolute atomic E-state index is 9.25. The van der Waals surface area contributed by atoms with E-state index in [0.717, 1.165) is 31.6 Å². The van der Waals surface area contributed by atoms with Crippen molar-refractivity contribution in [2.24, 2.45) is 5.41 Å². The van der Waals surface area contributed by atoms with Crippen LogP contribution < -0.4 is 5.32 Å². The number of rotatable bonds is 6. The Kier molecular flexibility index (Phi) is 3.36. The van der Waals surface area contributed by atoms with Gasteiger partial charge in [0.05, 0.1) is 5.69 Å². The largest absolute Gasteiger partial charge is 0.396 e. The predicted octanol–water partition coefficient (Wildman–Crippen LogP) is 1.73. The SMILES string of the molecule is OCC1(CNCc2ccc(-n3cccn3)cc2)CC1. The Labute approximate surface area is 113 Å². The van der Waals surface area contributed by atoms with Crippen molar-refractivity contribution in [2.45, 2.75) is 19.4 Å². The van der Waals surface area contributed by atoms with Gasteiger partial charge >= 0.3 is 0 Å². The number of nitrogens with one attached hydrogen (secondary N) is 1. The molecule has 4 heteroatoms. The van der Waals surface area contributed by atoms with Gasteiger partial charge in [0.2, 0.25) is 0 Å². The molecule has 3 rings (SSSR count). The van der Waals surface area contributed by atoms with E-state index in [0.29, 0.717) is 6.61 Å². The molecular formula is C15H19N3O. The number of hydrogen-bond donors (Lipinski definition) is 2. The number of aliphatic hydroxyl groups excluding tert-OH is 1. The normalized spacial score (nSPS) is 16.5. The second-order valence-electron chi connectivity index (χ2n) is 5.38. The fourth-order valence-electron chi connectivity index (χ4n) is 2.23. The van der Waals surface area contributed by atoms with Crippen LogP contribution >= 0.6 is 0 Å². The first-order valence-electron chi connectivity index (χ1n) is 6.72. The Hall–Kier alpha value is -1.65. The minimum atomic E-state index is 0.176. The Morgan fingerprint density at radius 2 is 2.05 bits per heavy atom. The molecule has 0 spiro atoms. The third-order valence-electron chi connectivity index (χ3n) is 3.83. The van der Waals surface area contributed by atoms with E-state index in [1.807, 2.05) is 16.9 Å².